The molecule has 36 heavy (non-hydrogen) atoms. The third kappa shape index (κ3) is 10.4. The number of ether oxygens (including phenoxy) is 1. The van der Waals surface area contributed by atoms with Crippen LogP contribution < -0.4 is 5.73 Å². The molecule has 2 aromatic heterocycles. The van der Waals surface area contributed by atoms with Gasteiger partial charge in [0.2, 0.25) is 0 Å². The number of nitrogens with two attached hydrogens (primary N) is 1. The molecule has 0 radical (unpaired) electrons. The standard InChI is InChI=1S/C18H27N5.C10H14O.C2H2/c1-3-14(2)16-12-15(23-17(16)18(19)20-13-21-23)8-4-5-9-22-10-6-7-11-22;1-3-5-6-7-8-10-11-9-4-2;1-2/h3,12-13H,4-11H2,1-2H3,(H2,19,20,21);3-10H,1-2H3;1-2H/b14-3+;5-3-,7-6-,9-4+,10-8+;. The molecule has 0 unspecified atom stereocenters. The molecule has 0 spiro atoms. The van der Waals surface area contributed by atoms with E-state index in [0.717, 1.165) is 17.5 Å². The molecule has 3 rings (SSSR count). The summed E-state index contributed by atoms with van der Waals surface area (Å²) >= 11 is 0. The number of hydrogen-bond acceptors (Lipinski definition) is 5. The van der Waals surface area contributed by atoms with Gasteiger partial charge in [-0.1, -0.05) is 36.5 Å². The van der Waals surface area contributed by atoms with E-state index in [1.54, 1.807) is 18.9 Å². The van der Waals surface area contributed by atoms with Crippen LogP contribution in [0.2, 0.25) is 0 Å². The number of likely N-dealkylation sites (tertiary alicyclic amines) is 1. The van der Waals surface area contributed by atoms with Crippen LogP contribution in [0.4, 0.5) is 5.82 Å². The van der Waals surface area contributed by atoms with Crippen LogP contribution in [0.25, 0.3) is 11.1 Å². The van der Waals surface area contributed by atoms with Gasteiger partial charge in [-0.05, 0) is 97.1 Å². The maximum atomic E-state index is 6.09. The van der Waals surface area contributed by atoms with Crippen molar-refractivity contribution in [2.24, 2.45) is 0 Å². The fourth-order valence-electron chi connectivity index (χ4n) is 3.87. The molecule has 3 heterocycles. The number of unbranched alkanes of at least 4 members (excludes halogenated alkanes) is 1. The molecular formula is C30H43N5O. The molecule has 0 aromatic carbocycles. The van der Waals surface area contributed by atoms with Crippen LogP contribution in [0.5, 0.6) is 0 Å². The van der Waals surface area contributed by atoms with Crippen LogP contribution in [-0.2, 0) is 11.2 Å². The molecule has 0 amide bonds. The molecule has 1 fully saturated rings. The van der Waals surface area contributed by atoms with Crippen molar-refractivity contribution in [1.82, 2.24) is 19.5 Å². The number of aryl methyl sites for hydroxylation is 1. The van der Waals surface area contributed by atoms with E-state index in [2.05, 4.69) is 53.8 Å². The summed E-state index contributed by atoms with van der Waals surface area (Å²) < 4.78 is 6.90. The number of rotatable bonds is 10. The second-order valence-electron chi connectivity index (χ2n) is 8.28. The fraction of sp³-hybridized carbons (Fsp3) is 0.400. The van der Waals surface area contributed by atoms with E-state index in [4.69, 9.17) is 10.5 Å². The minimum atomic E-state index is 0.555. The highest BCUT2D eigenvalue weighted by molar-refractivity contribution is 5.84. The summed E-state index contributed by atoms with van der Waals surface area (Å²) in [6, 6.07) is 2.23. The summed E-state index contributed by atoms with van der Waals surface area (Å²) in [5, 5.41) is 4.42. The largest absolute Gasteiger partial charge is 0.473 e. The van der Waals surface area contributed by atoms with E-state index in [1.165, 1.54) is 56.6 Å². The van der Waals surface area contributed by atoms with Gasteiger partial charge in [0.25, 0.3) is 0 Å². The van der Waals surface area contributed by atoms with Gasteiger partial charge in [-0.2, -0.15) is 5.10 Å². The summed E-state index contributed by atoms with van der Waals surface area (Å²) in [6.45, 7) is 11.8. The van der Waals surface area contributed by atoms with Crippen molar-refractivity contribution < 1.29 is 4.74 Å². The molecule has 1 aliphatic rings. The first-order chi connectivity index (χ1) is 17.6. The molecule has 194 valence electrons. The number of aromatic nitrogens is 3. The Morgan fingerprint density at radius 2 is 1.75 bits per heavy atom. The topological polar surface area (TPSA) is 68.7 Å². The SMILES string of the molecule is C#C.C/C=C(\C)c1cc(CCCCN2CCCC2)n2ncnc(N)c12.C\C=C/C=C\C=C\O/C=C/C. The summed E-state index contributed by atoms with van der Waals surface area (Å²) in [5.41, 5.74) is 10.6. The Kier molecular flexibility index (Phi) is 15.9. The first-order valence-corrected chi connectivity index (χ1v) is 12.6. The van der Waals surface area contributed by atoms with E-state index in [1.807, 2.05) is 54.8 Å². The molecule has 2 N–H and O–H groups in total. The third-order valence-corrected chi connectivity index (χ3v) is 5.77. The van der Waals surface area contributed by atoms with Gasteiger partial charge in [-0.3, -0.25) is 0 Å². The van der Waals surface area contributed by atoms with Gasteiger partial charge in [0.1, 0.15) is 11.8 Å². The third-order valence-electron chi connectivity index (χ3n) is 5.77. The molecule has 0 saturated carbocycles. The Morgan fingerprint density at radius 1 is 1.03 bits per heavy atom. The lowest BCUT2D eigenvalue weighted by Crippen LogP contribution is -2.20. The molecule has 6 nitrogen and oxygen atoms in total. The highest BCUT2D eigenvalue weighted by atomic mass is 16.5. The Bertz CT molecular complexity index is 1050. The zero-order chi connectivity index (χ0) is 26.6. The van der Waals surface area contributed by atoms with Crippen LogP contribution in [0, 0.1) is 12.8 Å². The van der Waals surface area contributed by atoms with Crippen molar-refractivity contribution in [2.75, 3.05) is 25.4 Å². The van der Waals surface area contributed by atoms with Gasteiger partial charge in [0.05, 0.1) is 12.5 Å². The molecule has 0 bridgehead atoms. The van der Waals surface area contributed by atoms with Gasteiger partial charge in [-0.25, -0.2) is 9.50 Å². The van der Waals surface area contributed by atoms with Gasteiger partial charge in [0.15, 0.2) is 5.82 Å². The van der Waals surface area contributed by atoms with Crippen molar-refractivity contribution in [3.63, 3.8) is 0 Å². The summed E-state index contributed by atoms with van der Waals surface area (Å²) in [5.74, 6) is 0.555. The lowest BCUT2D eigenvalue weighted by molar-refractivity contribution is 0.330. The number of allylic oxidation sites excluding steroid dienone is 8. The van der Waals surface area contributed by atoms with Crippen molar-refractivity contribution in [3.8, 4) is 12.8 Å². The maximum Gasteiger partial charge on any atom is 0.151 e. The van der Waals surface area contributed by atoms with Crippen LogP contribution in [0.1, 0.15) is 64.6 Å². The van der Waals surface area contributed by atoms with Crippen LogP contribution in [0.15, 0.2) is 67.4 Å². The lowest BCUT2D eigenvalue weighted by Gasteiger charge is -2.13. The van der Waals surface area contributed by atoms with Crippen molar-refractivity contribution in [3.05, 3.63) is 78.7 Å². The smallest absolute Gasteiger partial charge is 0.151 e. The Morgan fingerprint density at radius 3 is 2.42 bits per heavy atom. The van der Waals surface area contributed by atoms with E-state index < -0.39 is 0 Å². The number of fused-ring (bicyclic) bond motifs is 1. The maximum absolute atomic E-state index is 6.09. The van der Waals surface area contributed by atoms with Crippen LogP contribution >= 0.6 is 0 Å². The predicted molar refractivity (Wildman–Crippen MR) is 154 cm³/mol. The van der Waals surface area contributed by atoms with E-state index in [-0.39, 0.29) is 0 Å². The van der Waals surface area contributed by atoms with Crippen molar-refractivity contribution in [2.45, 2.75) is 59.8 Å². The molecule has 0 atom stereocenters. The zero-order valence-electron chi connectivity index (χ0n) is 22.4. The van der Waals surface area contributed by atoms with E-state index >= 15 is 0 Å². The molecular weight excluding hydrogens is 446 g/mol. The Labute approximate surface area is 217 Å². The van der Waals surface area contributed by atoms with E-state index in [9.17, 15) is 0 Å². The second kappa shape index (κ2) is 18.7. The Hall–Kier alpha value is -3.56. The summed E-state index contributed by atoms with van der Waals surface area (Å²) in [4.78, 5) is 6.73. The number of anilines is 1. The first-order valence-electron chi connectivity index (χ1n) is 12.6. The number of terminal acetylenes is 1. The number of nitrogens with zero attached hydrogens (tertiary/aromatic N) is 4. The first kappa shape index (κ1) is 30.5. The van der Waals surface area contributed by atoms with Crippen molar-refractivity contribution >= 4 is 16.9 Å². The number of nitrogen functional groups attached to an aromatic ring is 1. The zero-order valence-corrected chi connectivity index (χ0v) is 22.4. The predicted octanol–water partition coefficient (Wildman–Crippen LogP) is 6.59. The molecule has 0 aliphatic carbocycles. The lowest BCUT2D eigenvalue weighted by atomic mass is 10.1. The normalized spacial score (nSPS) is 14.6. The monoisotopic (exact) mass is 489 g/mol. The molecule has 6 heteroatoms. The number of hydrogen-bond donors (Lipinski definition) is 1. The Balaban J connectivity index is 0.000000423. The van der Waals surface area contributed by atoms with Gasteiger partial charge >= 0.3 is 0 Å². The van der Waals surface area contributed by atoms with Gasteiger partial charge in [-0.15, -0.1) is 12.8 Å². The summed E-state index contributed by atoms with van der Waals surface area (Å²) in [6.07, 6.45) is 32.5. The highest BCUT2D eigenvalue weighted by Gasteiger charge is 2.15. The van der Waals surface area contributed by atoms with E-state index in [0.29, 0.717) is 5.82 Å². The van der Waals surface area contributed by atoms with Crippen LogP contribution in [-0.4, -0.2) is 39.1 Å². The minimum Gasteiger partial charge on any atom is -0.473 e. The molecule has 1 saturated heterocycles. The minimum absolute atomic E-state index is 0.555. The van der Waals surface area contributed by atoms with Gasteiger partial charge in [0, 0.05) is 11.3 Å². The quantitative estimate of drug-likeness (QED) is 0.177. The average molecular weight is 490 g/mol. The average Bonchev–Trinajstić information content (AvgIpc) is 3.56. The second-order valence-corrected chi connectivity index (χ2v) is 8.28. The molecule has 1 aliphatic heterocycles. The van der Waals surface area contributed by atoms with Crippen molar-refractivity contribution in [1.29, 1.82) is 0 Å². The summed E-state index contributed by atoms with van der Waals surface area (Å²) in [7, 11) is 0. The van der Waals surface area contributed by atoms with Gasteiger partial charge < -0.3 is 15.4 Å². The van der Waals surface area contributed by atoms with Crippen LogP contribution in [0.3, 0.4) is 0 Å². The molecule has 2 aromatic rings. The fourth-order valence-corrected chi connectivity index (χ4v) is 3.87. The highest BCUT2D eigenvalue weighted by Crippen LogP contribution is 2.27.